The molecule has 0 spiro atoms. The molecule has 3 aliphatic rings. The van der Waals surface area contributed by atoms with Gasteiger partial charge in [0.25, 0.3) is 0 Å². The molecular weight excluding hydrogens is 364 g/mol. The fourth-order valence-electron chi connectivity index (χ4n) is 5.64. The van der Waals surface area contributed by atoms with Crippen LogP contribution in [-0.4, -0.2) is 48.6 Å². The molecule has 0 radical (unpaired) electrons. The molecule has 4 atom stereocenters. The van der Waals surface area contributed by atoms with E-state index in [9.17, 15) is 18.7 Å². The van der Waals surface area contributed by atoms with Gasteiger partial charge >= 0.3 is 5.97 Å². The van der Waals surface area contributed by atoms with E-state index in [0.717, 1.165) is 25.9 Å². The van der Waals surface area contributed by atoms with E-state index in [2.05, 4.69) is 11.9 Å². The van der Waals surface area contributed by atoms with Crippen LogP contribution in [0.4, 0.5) is 8.78 Å². The van der Waals surface area contributed by atoms with Gasteiger partial charge in [-0.3, -0.25) is 0 Å². The monoisotopic (exact) mass is 393 g/mol. The molecule has 0 amide bonds. The van der Waals surface area contributed by atoms with Crippen LogP contribution in [0.3, 0.4) is 0 Å². The predicted octanol–water partition coefficient (Wildman–Crippen LogP) is 3.44. The van der Waals surface area contributed by atoms with E-state index in [0.29, 0.717) is 23.3 Å². The minimum Gasteiger partial charge on any atom is -0.463 e. The molecule has 2 aliphatic carbocycles. The van der Waals surface area contributed by atoms with E-state index in [-0.39, 0.29) is 19.4 Å². The summed E-state index contributed by atoms with van der Waals surface area (Å²) in [6.45, 7) is 2.26. The number of carbonyl (C=O) groups excluding carboxylic acids is 1. The van der Waals surface area contributed by atoms with Crippen LogP contribution in [-0.2, 0) is 15.1 Å². The topological polar surface area (TPSA) is 49.8 Å². The summed E-state index contributed by atoms with van der Waals surface area (Å²) < 4.78 is 33.4. The average Bonchev–Trinajstić information content (AvgIpc) is 3.16. The SMILES string of the molecule is CN1CC2CCC(C1)C2COC(=O)[C@](O)(c1ccccc1)[C@H]1CCC(F)(F)C1. The largest absolute Gasteiger partial charge is 0.463 e. The quantitative estimate of drug-likeness (QED) is 0.779. The minimum absolute atomic E-state index is 0.104. The van der Waals surface area contributed by atoms with Gasteiger partial charge in [-0.2, -0.15) is 0 Å². The highest BCUT2D eigenvalue weighted by Crippen LogP contribution is 2.48. The maximum atomic E-state index is 13.9. The van der Waals surface area contributed by atoms with Crippen molar-refractivity contribution in [1.29, 1.82) is 0 Å². The molecular formula is C22H29F2NO3. The molecule has 1 aromatic rings. The lowest BCUT2D eigenvalue weighted by molar-refractivity contribution is -0.177. The number of nitrogens with zero attached hydrogens (tertiary/aromatic N) is 1. The Kier molecular flexibility index (Phi) is 5.21. The number of likely N-dealkylation sites (tertiary alicyclic amines) is 1. The summed E-state index contributed by atoms with van der Waals surface area (Å²) in [6.07, 6.45) is 1.57. The third-order valence-electron chi connectivity index (χ3n) is 7.14. The fourth-order valence-corrected chi connectivity index (χ4v) is 5.64. The van der Waals surface area contributed by atoms with Crippen LogP contribution in [0.2, 0.25) is 0 Å². The van der Waals surface area contributed by atoms with E-state index in [1.807, 2.05) is 0 Å². The number of fused-ring (bicyclic) bond motifs is 2. The molecule has 3 fully saturated rings. The van der Waals surface area contributed by atoms with Crippen LogP contribution in [0, 0.1) is 23.7 Å². The third-order valence-corrected chi connectivity index (χ3v) is 7.14. The van der Waals surface area contributed by atoms with Gasteiger partial charge in [-0.15, -0.1) is 0 Å². The fraction of sp³-hybridized carbons (Fsp3) is 0.682. The van der Waals surface area contributed by atoms with Crippen LogP contribution >= 0.6 is 0 Å². The minimum atomic E-state index is -2.85. The molecule has 2 unspecified atom stereocenters. The first-order chi connectivity index (χ1) is 13.3. The number of carbonyl (C=O) groups is 1. The summed E-state index contributed by atoms with van der Waals surface area (Å²) in [5, 5.41) is 11.4. The Labute approximate surface area is 164 Å². The summed E-state index contributed by atoms with van der Waals surface area (Å²) in [5.74, 6) is -3.17. The van der Waals surface area contributed by atoms with E-state index in [1.165, 1.54) is 0 Å². The summed E-state index contributed by atoms with van der Waals surface area (Å²) in [4.78, 5) is 15.4. The van der Waals surface area contributed by atoms with Gasteiger partial charge in [0, 0.05) is 37.8 Å². The molecule has 1 heterocycles. The third kappa shape index (κ3) is 3.57. The van der Waals surface area contributed by atoms with Crippen molar-refractivity contribution in [3.8, 4) is 0 Å². The average molecular weight is 393 g/mol. The standard InChI is InChI=1S/C22H29F2NO3/c1-25-12-15-7-8-16(13-25)19(15)14-28-20(26)22(27,17-5-3-2-4-6-17)18-9-10-21(23,24)11-18/h2-6,15-16,18-19,27H,7-14H2,1H3/t15?,16?,18-,19?,22-/m0/s1. The smallest absolute Gasteiger partial charge is 0.343 e. The first kappa shape index (κ1) is 19.8. The zero-order valence-electron chi connectivity index (χ0n) is 16.3. The van der Waals surface area contributed by atoms with Crippen molar-refractivity contribution in [3.05, 3.63) is 35.9 Å². The van der Waals surface area contributed by atoms with Gasteiger partial charge in [0.05, 0.1) is 6.61 Å². The van der Waals surface area contributed by atoms with Gasteiger partial charge in [0.1, 0.15) is 0 Å². The maximum Gasteiger partial charge on any atom is 0.343 e. The van der Waals surface area contributed by atoms with E-state index < -0.39 is 29.8 Å². The van der Waals surface area contributed by atoms with Crippen molar-refractivity contribution in [3.63, 3.8) is 0 Å². The van der Waals surface area contributed by atoms with Crippen molar-refractivity contribution in [2.75, 3.05) is 26.7 Å². The molecule has 6 heteroatoms. The number of benzene rings is 1. The van der Waals surface area contributed by atoms with Gasteiger partial charge in [-0.1, -0.05) is 30.3 Å². The van der Waals surface area contributed by atoms with Gasteiger partial charge in [0.15, 0.2) is 5.60 Å². The molecule has 1 N–H and O–H groups in total. The summed E-state index contributed by atoms with van der Waals surface area (Å²) in [5.41, 5.74) is -1.68. The van der Waals surface area contributed by atoms with Crippen LogP contribution in [0.5, 0.6) is 0 Å². The zero-order chi connectivity index (χ0) is 19.9. The molecule has 1 aliphatic heterocycles. The highest BCUT2D eigenvalue weighted by atomic mass is 19.3. The van der Waals surface area contributed by atoms with Crippen molar-refractivity contribution >= 4 is 5.97 Å². The Bertz CT molecular complexity index is 699. The first-order valence-electron chi connectivity index (χ1n) is 10.3. The van der Waals surface area contributed by atoms with Crippen molar-refractivity contribution < 1.29 is 23.4 Å². The van der Waals surface area contributed by atoms with E-state index in [4.69, 9.17) is 4.74 Å². The lowest BCUT2D eigenvalue weighted by Gasteiger charge is -2.37. The van der Waals surface area contributed by atoms with Crippen LogP contribution in [0.25, 0.3) is 0 Å². The number of hydrogen-bond donors (Lipinski definition) is 1. The van der Waals surface area contributed by atoms with Crippen LogP contribution < -0.4 is 0 Å². The van der Waals surface area contributed by atoms with Gasteiger partial charge < -0.3 is 14.7 Å². The Morgan fingerprint density at radius 1 is 1.21 bits per heavy atom. The van der Waals surface area contributed by atoms with E-state index >= 15 is 0 Å². The zero-order valence-corrected chi connectivity index (χ0v) is 16.3. The Balaban J connectivity index is 1.51. The molecule has 1 saturated heterocycles. The molecule has 4 rings (SSSR count). The molecule has 154 valence electrons. The molecule has 1 aromatic carbocycles. The lowest BCUT2D eigenvalue weighted by atomic mass is 9.80. The predicted molar refractivity (Wildman–Crippen MR) is 101 cm³/mol. The second kappa shape index (κ2) is 7.38. The Morgan fingerprint density at radius 3 is 2.43 bits per heavy atom. The van der Waals surface area contributed by atoms with Crippen molar-refractivity contribution in [1.82, 2.24) is 4.90 Å². The molecule has 0 aromatic heterocycles. The van der Waals surface area contributed by atoms with Gasteiger partial charge in [0.2, 0.25) is 5.92 Å². The summed E-state index contributed by atoms with van der Waals surface area (Å²) in [6, 6.07) is 8.43. The van der Waals surface area contributed by atoms with Gasteiger partial charge in [-0.05, 0) is 43.7 Å². The second-order valence-corrected chi connectivity index (χ2v) is 9.01. The number of esters is 1. The Hall–Kier alpha value is -1.53. The van der Waals surface area contributed by atoms with Gasteiger partial charge in [-0.25, -0.2) is 13.6 Å². The second-order valence-electron chi connectivity index (χ2n) is 9.01. The highest BCUT2D eigenvalue weighted by molar-refractivity contribution is 5.81. The number of piperidine rings is 1. The first-order valence-corrected chi connectivity index (χ1v) is 10.3. The number of alkyl halides is 2. The number of halogens is 2. The summed E-state index contributed by atoms with van der Waals surface area (Å²) in [7, 11) is 2.11. The Morgan fingerprint density at radius 2 is 1.86 bits per heavy atom. The highest BCUT2D eigenvalue weighted by Gasteiger charge is 2.54. The maximum absolute atomic E-state index is 13.9. The number of hydrogen-bond acceptors (Lipinski definition) is 4. The number of rotatable bonds is 5. The normalized spacial score (nSPS) is 34.1. The molecule has 28 heavy (non-hydrogen) atoms. The number of ether oxygens (including phenoxy) is 1. The van der Waals surface area contributed by atoms with E-state index in [1.54, 1.807) is 30.3 Å². The van der Waals surface area contributed by atoms with Crippen LogP contribution in [0.1, 0.15) is 37.7 Å². The number of aliphatic hydroxyl groups is 1. The molecule has 4 nitrogen and oxygen atoms in total. The van der Waals surface area contributed by atoms with Crippen LogP contribution in [0.15, 0.2) is 30.3 Å². The van der Waals surface area contributed by atoms with Crippen molar-refractivity contribution in [2.24, 2.45) is 23.7 Å². The van der Waals surface area contributed by atoms with Crippen molar-refractivity contribution in [2.45, 2.75) is 43.6 Å². The molecule has 2 saturated carbocycles. The lowest BCUT2D eigenvalue weighted by Crippen LogP contribution is -2.46. The molecule has 2 bridgehead atoms. The summed E-state index contributed by atoms with van der Waals surface area (Å²) >= 11 is 0.